The van der Waals surface area contributed by atoms with Crippen LogP contribution in [0.2, 0.25) is 0 Å². The van der Waals surface area contributed by atoms with Gasteiger partial charge in [0.2, 0.25) is 5.82 Å². The number of hydrogen-bond donors (Lipinski definition) is 1. The Morgan fingerprint density at radius 1 is 1.15 bits per heavy atom. The van der Waals surface area contributed by atoms with Crippen LogP contribution in [0.4, 0.5) is 0 Å². The summed E-state index contributed by atoms with van der Waals surface area (Å²) in [5.41, 5.74) is 2.40. The third-order valence-electron chi connectivity index (χ3n) is 5.05. The van der Waals surface area contributed by atoms with Crippen molar-refractivity contribution < 1.29 is 4.74 Å². The lowest BCUT2D eigenvalue weighted by Crippen LogP contribution is -2.17. The maximum absolute atomic E-state index is 5.58. The normalized spacial score (nSPS) is 19.8. The van der Waals surface area contributed by atoms with Crippen LogP contribution in [0.15, 0.2) is 18.3 Å². The molecule has 5 heterocycles. The number of hydrogen-bond acceptors (Lipinski definition) is 7. The first-order valence-electron chi connectivity index (χ1n) is 9.40. The summed E-state index contributed by atoms with van der Waals surface area (Å²) < 4.78 is 9.76. The molecule has 0 saturated carbocycles. The minimum absolute atomic E-state index is 0.169. The summed E-state index contributed by atoms with van der Waals surface area (Å²) in [6.45, 7) is 6.12. The molecule has 0 aromatic carbocycles. The molecule has 27 heavy (non-hydrogen) atoms. The van der Waals surface area contributed by atoms with Crippen molar-refractivity contribution in [2.24, 2.45) is 0 Å². The highest BCUT2D eigenvalue weighted by molar-refractivity contribution is 5.56. The third-order valence-corrected chi connectivity index (χ3v) is 5.05. The van der Waals surface area contributed by atoms with Crippen molar-refractivity contribution in [2.75, 3.05) is 26.3 Å². The molecule has 5 rings (SSSR count). The number of nitrogens with one attached hydrogen (secondary N) is 1. The summed E-state index contributed by atoms with van der Waals surface area (Å²) in [4.78, 5) is 9.65. The van der Waals surface area contributed by atoms with Crippen LogP contribution in [0.3, 0.4) is 0 Å². The number of nitrogens with zero attached hydrogens (tertiary/aromatic N) is 7. The van der Waals surface area contributed by atoms with Crippen molar-refractivity contribution in [3.05, 3.63) is 29.8 Å². The zero-order chi connectivity index (χ0) is 18.2. The predicted octanol–water partition coefficient (Wildman–Crippen LogP) is 1.01. The highest BCUT2D eigenvalue weighted by Crippen LogP contribution is 2.28. The molecule has 1 atom stereocenters. The SMILES string of the molecule is Cc1ccc(-c2nc(-c3cn4c(n3)CCNCC4)n(C3CCOC3)n2)nn1. The lowest BCUT2D eigenvalue weighted by molar-refractivity contribution is 0.185. The lowest BCUT2D eigenvalue weighted by atomic mass is 10.2. The van der Waals surface area contributed by atoms with Gasteiger partial charge in [0, 0.05) is 38.9 Å². The van der Waals surface area contributed by atoms with Gasteiger partial charge in [0.1, 0.15) is 17.2 Å². The van der Waals surface area contributed by atoms with Gasteiger partial charge in [-0.3, -0.25) is 0 Å². The van der Waals surface area contributed by atoms with E-state index in [1.807, 2.05) is 23.7 Å². The van der Waals surface area contributed by atoms with E-state index in [2.05, 4.69) is 26.3 Å². The van der Waals surface area contributed by atoms with Gasteiger partial charge in [0.25, 0.3) is 0 Å². The van der Waals surface area contributed by atoms with Crippen LogP contribution in [0.25, 0.3) is 23.0 Å². The van der Waals surface area contributed by atoms with E-state index < -0.39 is 0 Å². The Hall–Kier alpha value is -2.65. The molecule has 0 amide bonds. The molecule has 0 aliphatic carbocycles. The maximum atomic E-state index is 5.58. The summed E-state index contributed by atoms with van der Waals surface area (Å²) in [5.74, 6) is 2.44. The Labute approximate surface area is 156 Å². The Morgan fingerprint density at radius 2 is 2.11 bits per heavy atom. The van der Waals surface area contributed by atoms with E-state index in [-0.39, 0.29) is 6.04 Å². The minimum Gasteiger partial charge on any atom is -0.379 e. The van der Waals surface area contributed by atoms with Gasteiger partial charge in [-0.25, -0.2) is 14.6 Å². The average Bonchev–Trinajstić information content (AvgIpc) is 3.39. The zero-order valence-electron chi connectivity index (χ0n) is 15.3. The van der Waals surface area contributed by atoms with Gasteiger partial charge in [0.05, 0.1) is 18.3 Å². The molecule has 2 aliphatic rings. The standard InChI is InChI=1S/C18H22N8O/c1-12-2-3-14(23-22-12)17-21-18(26(24-17)13-5-9-27-11-13)15-10-25-8-7-19-6-4-16(25)20-15/h2-3,10,13,19H,4-9,11H2,1H3. The molecule has 1 unspecified atom stereocenters. The first-order valence-corrected chi connectivity index (χ1v) is 9.40. The van der Waals surface area contributed by atoms with Crippen molar-refractivity contribution >= 4 is 0 Å². The van der Waals surface area contributed by atoms with Gasteiger partial charge in [-0.15, -0.1) is 10.2 Å². The van der Waals surface area contributed by atoms with Gasteiger partial charge in [-0.2, -0.15) is 5.10 Å². The van der Waals surface area contributed by atoms with Crippen molar-refractivity contribution in [1.29, 1.82) is 0 Å². The quantitative estimate of drug-likeness (QED) is 0.739. The van der Waals surface area contributed by atoms with Crippen LogP contribution >= 0.6 is 0 Å². The molecule has 1 fully saturated rings. The van der Waals surface area contributed by atoms with Gasteiger partial charge >= 0.3 is 0 Å². The monoisotopic (exact) mass is 366 g/mol. The highest BCUT2D eigenvalue weighted by atomic mass is 16.5. The largest absolute Gasteiger partial charge is 0.379 e. The fraction of sp³-hybridized carbons (Fsp3) is 0.500. The second-order valence-corrected chi connectivity index (χ2v) is 7.02. The molecule has 9 nitrogen and oxygen atoms in total. The third kappa shape index (κ3) is 3.13. The first kappa shape index (κ1) is 16.5. The maximum Gasteiger partial charge on any atom is 0.202 e. The van der Waals surface area contributed by atoms with Crippen molar-refractivity contribution in [2.45, 2.75) is 32.4 Å². The number of fused-ring (bicyclic) bond motifs is 1. The van der Waals surface area contributed by atoms with Crippen molar-refractivity contribution in [3.8, 4) is 23.0 Å². The fourth-order valence-corrected chi connectivity index (χ4v) is 3.57. The van der Waals surface area contributed by atoms with E-state index in [0.717, 1.165) is 62.1 Å². The Bertz CT molecular complexity index is 915. The Balaban J connectivity index is 1.58. The van der Waals surface area contributed by atoms with Gasteiger partial charge in [0.15, 0.2) is 5.82 Å². The van der Waals surface area contributed by atoms with E-state index in [1.165, 1.54) is 0 Å². The van der Waals surface area contributed by atoms with Crippen LogP contribution in [0.1, 0.15) is 24.0 Å². The summed E-state index contributed by atoms with van der Waals surface area (Å²) in [6.07, 6.45) is 3.92. The second-order valence-electron chi connectivity index (χ2n) is 7.02. The van der Waals surface area contributed by atoms with Crippen LogP contribution in [-0.2, 0) is 17.7 Å². The van der Waals surface area contributed by atoms with Crippen molar-refractivity contribution in [3.63, 3.8) is 0 Å². The highest BCUT2D eigenvalue weighted by Gasteiger charge is 2.26. The first-order chi connectivity index (χ1) is 13.3. The average molecular weight is 366 g/mol. The second kappa shape index (κ2) is 6.82. The molecule has 140 valence electrons. The van der Waals surface area contributed by atoms with Gasteiger partial charge in [-0.1, -0.05) is 0 Å². The summed E-state index contributed by atoms with van der Waals surface area (Å²) in [5, 5.41) is 16.5. The molecule has 3 aromatic rings. The number of aromatic nitrogens is 7. The topological polar surface area (TPSA) is 95.6 Å². The zero-order valence-corrected chi connectivity index (χ0v) is 15.3. The van der Waals surface area contributed by atoms with Gasteiger partial charge < -0.3 is 14.6 Å². The minimum atomic E-state index is 0.169. The molecule has 1 saturated heterocycles. The number of ether oxygens (including phenoxy) is 1. The van der Waals surface area contributed by atoms with E-state index in [1.54, 1.807) is 0 Å². The molecular formula is C18H22N8O. The predicted molar refractivity (Wildman–Crippen MR) is 98.1 cm³/mol. The molecule has 0 spiro atoms. The van der Waals surface area contributed by atoms with E-state index in [0.29, 0.717) is 18.1 Å². The lowest BCUT2D eigenvalue weighted by Gasteiger charge is -2.09. The molecular weight excluding hydrogens is 344 g/mol. The van der Waals surface area contributed by atoms with Crippen LogP contribution in [0.5, 0.6) is 0 Å². The summed E-state index contributed by atoms with van der Waals surface area (Å²) in [6, 6.07) is 4.00. The van der Waals surface area contributed by atoms with E-state index in [9.17, 15) is 0 Å². The summed E-state index contributed by atoms with van der Waals surface area (Å²) >= 11 is 0. The van der Waals surface area contributed by atoms with Crippen molar-refractivity contribution in [1.82, 2.24) is 39.8 Å². The van der Waals surface area contributed by atoms with E-state index >= 15 is 0 Å². The Kier molecular flexibility index (Phi) is 4.17. The number of imidazole rings is 1. The fourth-order valence-electron chi connectivity index (χ4n) is 3.57. The van der Waals surface area contributed by atoms with Crippen LogP contribution < -0.4 is 5.32 Å². The van der Waals surface area contributed by atoms with Crippen LogP contribution in [-0.4, -0.2) is 60.8 Å². The molecule has 2 aliphatic heterocycles. The molecule has 9 heteroatoms. The molecule has 3 aromatic heterocycles. The number of aryl methyl sites for hydroxylation is 1. The smallest absolute Gasteiger partial charge is 0.202 e. The summed E-state index contributed by atoms with van der Waals surface area (Å²) in [7, 11) is 0. The molecule has 0 radical (unpaired) electrons. The van der Waals surface area contributed by atoms with Gasteiger partial charge in [-0.05, 0) is 25.5 Å². The van der Waals surface area contributed by atoms with E-state index in [4.69, 9.17) is 19.8 Å². The van der Waals surface area contributed by atoms with Crippen LogP contribution in [0, 0.1) is 6.92 Å². The molecule has 0 bridgehead atoms. The molecule has 1 N–H and O–H groups in total. The number of rotatable bonds is 3. The Morgan fingerprint density at radius 3 is 2.93 bits per heavy atom.